The Hall–Kier alpha value is -4.77. The van der Waals surface area contributed by atoms with Crippen LogP contribution in [0.1, 0.15) is 64.0 Å². The highest BCUT2D eigenvalue weighted by atomic mass is 19.4. The first-order valence-electron chi connectivity index (χ1n) is 13.9. The van der Waals surface area contributed by atoms with Gasteiger partial charge in [0.25, 0.3) is 0 Å². The van der Waals surface area contributed by atoms with E-state index < -0.39 is 36.3 Å². The van der Waals surface area contributed by atoms with E-state index in [2.05, 4.69) is 30.4 Å². The minimum absolute atomic E-state index is 0.0177. The molecule has 2 aliphatic carbocycles. The van der Waals surface area contributed by atoms with E-state index in [1.165, 1.54) is 4.68 Å². The number of aliphatic carboxylic acids is 1. The van der Waals surface area contributed by atoms with Crippen LogP contribution in [0.25, 0.3) is 17.0 Å². The van der Waals surface area contributed by atoms with Crippen molar-refractivity contribution < 1.29 is 40.8 Å². The molecule has 0 unspecified atom stereocenters. The quantitative estimate of drug-likeness (QED) is 0.273. The van der Waals surface area contributed by atoms with Crippen molar-refractivity contribution in [3.05, 3.63) is 63.4 Å². The van der Waals surface area contributed by atoms with Crippen LogP contribution in [-0.4, -0.2) is 55.4 Å². The van der Waals surface area contributed by atoms with E-state index in [1.54, 1.807) is 10.7 Å². The van der Waals surface area contributed by atoms with Gasteiger partial charge in [-0.2, -0.15) is 46.6 Å². The minimum Gasteiger partial charge on any atom is -0.480 e. The van der Waals surface area contributed by atoms with Crippen LogP contribution in [0, 0.1) is 13.8 Å². The summed E-state index contributed by atoms with van der Waals surface area (Å²) in [6, 6.07) is 1.90. The maximum absolute atomic E-state index is 13.3. The summed E-state index contributed by atoms with van der Waals surface area (Å²) < 4.78 is 86.7. The molecule has 7 rings (SSSR count). The van der Waals surface area contributed by atoms with Crippen molar-refractivity contribution in [1.82, 2.24) is 44.3 Å². The summed E-state index contributed by atoms with van der Waals surface area (Å²) in [5, 5.41) is 24.0. The summed E-state index contributed by atoms with van der Waals surface area (Å²) in [6.07, 6.45) is -4.36. The van der Waals surface area contributed by atoms with Crippen molar-refractivity contribution in [3.63, 3.8) is 0 Å². The van der Waals surface area contributed by atoms with Gasteiger partial charge in [-0.15, -0.1) is 0 Å². The van der Waals surface area contributed by atoms with Crippen LogP contribution in [0.2, 0.25) is 0 Å². The Bertz CT molecular complexity index is 1910. The van der Waals surface area contributed by atoms with Gasteiger partial charge < -0.3 is 9.63 Å². The van der Waals surface area contributed by atoms with E-state index >= 15 is 0 Å². The second kappa shape index (κ2) is 11.0. The maximum atomic E-state index is 13.3. The molecule has 1 N–H and O–H groups in total. The van der Waals surface area contributed by atoms with Crippen molar-refractivity contribution in [3.8, 4) is 11.4 Å². The standard InChI is InChI=1S/C18H16F3N7O.C9H9F3N2O2/c1-9-6-10(2)28-17(23-9)12(7-22-28)16-24-14(29-26-16)8-27-13-5-3-4-11(13)15(25-27)18(19,20)21;10-9(11,12)8-5-2-1-3-6(5)14(13-8)4-7(15)16/h6-7H,3-5,8H2,1-2H3;1-4H2,(H,15,16). The molecule has 0 fully saturated rings. The lowest BCUT2D eigenvalue weighted by atomic mass is 10.2. The Morgan fingerprint density at radius 3 is 2.11 bits per heavy atom. The van der Waals surface area contributed by atoms with Gasteiger partial charge in [-0.1, -0.05) is 5.16 Å². The smallest absolute Gasteiger partial charge is 0.435 e. The number of aromatic nitrogens is 9. The summed E-state index contributed by atoms with van der Waals surface area (Å²) in [6.45, 7) is 3.26. The van der Waals surface area contributed by atoms with Gasteiger partial charge in [0.1, 0.15) is 13.1 Å². The zero-order valence-electron chi connectivity index (χ0n) is 23.9. The van der Waals surface area contributed by atoms with Crippen LogP contribution < -0.4 is 0 Å². The Morgan fingerprint density at radius 1 is 0.911 bits per heavy atom. The summed E-state index contributed by atoms with van der Waals surface area (Å²) in [5.41, 5.74) is 2.60. The molecule has 2 aliphatic rings. The Balaban J connectivity index is 0.000000189. The first-order valence-corrected chi connectivity index (χ1v) is 13.9. The highest BCUT2D eigenvalue weighted by molar-refractivity contribution is 5.72. The van der Waals surface area contributed by atoms with Crippen LogP contribution in [0.15, 0.2) is 16.8 Å². The maximum Gasteiger partial charge on any atom is 0.435 e. The van der Waals surface area contributed by atoms with Gasteiger partial charge in [-0.25, -0.2) is 9.50 Å². The molecule has 45 heavy (non-hydrogen) atoms. The highest BCUT2D eigenvalue weighted by Gasteiger charge is 2.41. The number of fused-ring (bicyclic) bond motifs is 3. The van der Waals surface area contributed by atoms with E-state index in [0.29, 0.717) is 61.1 Å². The zero-order chi connectivity index (χ0) is 32.3. The normalized spacial score (nSPS) is 14.5. The fourth-order valence-electron chi connectivity index (χ4n) is 5.85. The Morgan fingerprint density at radius 2 is 1.51 bits per heavy atom. The second-order valence-corrected chi connectivity index (χ2v) is 10.8. The van der Waals surface area contributed by atoms with Crippen molar-refractivity contribution in [2.45, 2.75) is 77.8 Å². The number of nitrogens with zero attached hydrogens (tertiary/aromatic N) is 9. The molecular formula is C27H25F6N9O3. The molecular weight excluding hydrogens is 612 g/mol. The van der Waals surface area contributed by atoms with Gasteiger partial charge in [0.2, 0.25) is 11.7 Å². The summed E-state index contributed by atoms with van der Waals surface area (Å²) in [5.74, 6) is -0.729. The summed E-state index contributed by atoms with van der Waals surface area (Å²) in [4.78, 5) is 19.3. The molecule has 0 aromatic carbocycles. The topological polar surface area (TPSA) is 142 Å². The molecule has 18 heteroatoms. The summed E-state index contributed by atoms with van der Waals surface area (Å²) >= 11 is 0. The first-order chi connectivity index (χ1) is 21.2. The fraction of sp³-hybridized carbons (Fsp3) is 0.444. The van der Waals surface area contributed by atoms with Gasteiger partial charge >= 0.3 is 18.3 Å². The van der Waals surface area contributed by atoms with Crippen LogP contribution in [-0.2, 0) is 55.9 Å². The number of halogens is 6. The lowest BCUT2D eigenvalue weighted by molar-refractivity contribution is -0.143. The highest BCUT2D eigenvalue weighted by Crippen LogP contribution is 2.37. The lowest BCUT2D eigenvalue weighted by Crippen LogP contribution is -2.14. The number of alkyl halides is 6. The molecule has 5 aromatic rings. The molecule has 0 atom stereocenters. The van der Waals surface area contributed by atoms with E-state index in [-0.39, 0.29) is 29.4 Å². The number of carboxylic acid groups (broad SMARTS) is 1. The van der Waals surface area contributed by atoms with Crippen molar-refractivity contribution in [2.24, 2.45) is 0 Å². The average molecular weight is 638 g/mol. The zero-order valence-corrected chi connectivity index (χ0v) is 23.9. The third kappa shape index (κ3) is 5.75. The van der Waals surface area contributed by atoms with Crippen molar-refractivity contribution in [2.75, 3.05) is 0 Å². The lowest BCUT2D eigenvalue weighted by Gasteiger charge is -2.04. The molecule has 5 heterocycles. The predicted molar refractivity (Wildman–Crippen MR) is 141 cm³/mol. The van der Waals surface area contributed by atoms with Gasteiger partial charge in [-0.05, 0) is 58.4 Å². The SMILES string of the molecule is Cc1cc(C)n2ncc(-c3noc(Cn4nc(C(F)(F)F)c5c4CCC5)n3)c2n1.O=C(O)Cn1nc(C(F)(F)F)c2c1CCC2. The molecule has 238 valence electrons. The van der Waals surface area contributed by atoms with Crippen molar-refractivity contribution >= 4 is 11.6 Å². The molecule has 0 aliphatic heterocycles. The van der Waals surface area contributed by atoms with Gasteiger partial charge in [0.05, 0.1) is 11.8 Å². The van der Waals surface area contributed by atoms with E-state index in [0.717, 1.165) is 16.1 Å². The molecule has 0 bridgehead atoms. The number of carbonyl (C=O) groups is 1. The third-order valence-electron chi connectivity index (χ3n) is 7.61. The van der Waals surface area contributed by atoms with Gasteiger partial charge in [0, 0.05) is 33.9 Å². The van der Waals surface area contributed by atoms with E-state index in [4.69, 9.17) is 9.63 Å². The third-order valence-corrected chi connectivity index (χ3v) is 7.61. The molecule has 12 nitrogen and oxygen atoms in total. The number of aryl methyl sites for hydroxylation is 2. The number of rotatable bonds is 5. The molecule has 0 radical (unpaired) electrons. The summed E-state index contributed by atoms with van der Waals surface area (Å²) in [7, 11) is 0. The molecule has 0 spiro atoms. The molecule has 0 amide bonds. The average Bonchev–Trinajstić information content (AvgIpc) is 3.75. The fourth-order valence-corrected chi connectivity index (χ4v) is 5.85. The monoisotopic (exact) mass is 637 g/mol. The molecule has 0 saturated heterocycles. The van der Waals surface area contributed by atoms with E-state index in [9.17, 15) is 31.1 Å². The van der Waals surface area contributed by atoms with Gasteiger partial charge in [-0.3, -0.25) is 14.2 Å². The molecule has 0 saturated carbocycles. The minimum atomic E-state index is -4.50. The van der Waals surface area contributed by atoms with E-state index in [1.807, 2.05) is 19.9 Å². The number of hydrogen-bond acceptors (Lipinski definition) is 8. The van der Waals surface area contributed by atoms with Crippen LogP contribution >= 0.6 is 0 Å². The van der Waals surface area contributed by atoms with Crippen molar-refractivity contribution in [1.29, 1.82) is 0 Å². The molecule has 5 aromatic heterocycles. The van der Waals surface area contributed by atoms with Crippen LogP contribution in [0.3, 0.4) is 0 Å². The first kappa shape index (κ1) is 30.3. The second-order valence-electron chi connectivity index (χ2n) is 10.8. The van der Waals surface area contributed by atoms with Crippen LogP contribution in [0.5, 0.6) is 0 Å². The Labute approximate surface area is 249 Å². The predicted octanol–water partition coefficient (Wildman–Crippen LogP) is 4.62. The van der Waals surface area contributed by atoms with Gasteiger partial charge in [0.15, 0.2) is 17.0 Å². The largest absolute Gasteiger partial charge is 0.480 e. The van der Waals surface area contributed by atoms with Crippen LogP contribution in [0.4, 0.5) is 26.3 Å². The Kier molecular flexibility index (Phi) is 7.39. The number of carboxylic acids is 1. The number of hydrogen-bond donors (Lipinski definition) is 1.